The second kappa shape index (κ2) is 9.61. The van der Waals surface area contributed by atoms with Crippen LogP contribution in [0.5, 0.6) is 0 Å². The van der Waals surface area contributed by atoms with Gasteiger partial charge in [-0.2, -0.15) is 18.3 Å². The Kier molecular flexibility index (Phi) is 6.35. The van der Waals surface area contributed by atoms with E-state index in [4.69, 9.17) is 0 Å². The van der Waals surface area contributed by atoms with Gasteiger partial charge in [0.05, 0.1) is 12.1 Å². The first-order valence-electron chi connectivity index (χ1n) is 11.4. The molecule has 4 heterocycles. The standard InChI is InChI=1S/C24H24F3N8O/c1-33-15-18(13-29-33)17-2-3-19-20(11-17)31-23(30-19)32-21-10-16(4-5-28-21)14-34-6-8-35(9-7-34)22(36)12-24(25,26)27/h2-5,10-11,13,15H,6-9,12,14H2,1H3,(H-,28,30,31,32)/q-1. The zero-order chi connectivity index (χ0) is 25.3. The number of carbonyl (C=O) groups is 1. The number of H-pyrrole nitrogens is 1. The number of nitrogens with one attached hydrogen (secondary N) is 1. The van der Waals surface area contributed by atoms with Crippen molar-refractivity contribution in [3.63, 3.8) is 0 Å². The number of halogens is 3. The van der Waals surface area contributed by atoms with Crippen LogP contribution in [-0.4, -0.2) is 72.8 Å². The predicted octanol–water partition coefficient (Wildman–Crippen LogP) is 4.29. The van der Waals surface area contributed by atoms with Gasteiger partial charge in [-0.3, -0.25) is 14.4 Å². The molecule has 1 saturated heterocycles. The molecule has 36 heavy (non-hydrogen) atoms. The quantitative estimate of drug-likeness (QED) is 0.429. The number of pyridine rings is 1. The van der Waals surface area contributed by atoms with E-state index >= 15 is 0 Å². The molecule has 9 nitrogen and oxygen atoms in total. The van der Waals surface area contributed by atoms with Crippen LogP contribution >= 0.6 is 0 Å². The highest BCUT2D eigenvalue weighted by Gasteiger charge is 2.34. The average Bonchev–Trinajstić information content (AvgIpc) is 3.43. The number of piperazine rings is 1. The maximum atomic E-state index is 12.5. The normalized spacial score (nSPS) is 14.9. The number of benzene rings is 1. The SMILES string of the molecule is Cn1cc(-c2ccc3nc([N-]c4cc(CN5CCN(C(=O)CC(F)(F)F)CC5)ccn4)[nH]c3c2)cn1. The number of hydrogen-bond acceptors (Lipinski definition) is 5. The highest BCUT2D eigenvalue weighted by molar-refractivity contribution is 5.84. The van der Waals surface area contributed by atoms with Gasteiger partial charge >= 0.3 is 6.18 Å². The Morgan fingerprint density at radius 3 is 2.64 bits per heavy atom. The van der Waals surface area contributed by atoms with Crippen molar-refractivity contribution in [3.8, 4) is 11.1 Å². The van der Waals surface area contributed by atoms with E-state index < -0.39 is 18.5 Å². The maximum Gasteiger partial charge on any atom is 0.397 e. The summed E-state index contributed by atoms with van der Waals surface area (Å²) < 4.78 is 39.2. The topological polar surface area (TPSA) is 97.0 Å². The summed E-state index contributed by atoms with van der Waals surface area (Å²) in [5, 5.41) is 8.75. The van der Waals surface area contributed by atoms with Crippen LogP contribution in [0.4, 0.5) is 24.9 Å². The van der Waals surface area contributed by atoms with Gasteiger partial charge in [-0.25, -0.2) is 0 Å². The van der Waals surface area contributed by atoms with E-state index in [2.05, 4.69) is 30.3 Å². The summed E-state index contributed by atoms with van der Waals surface area (Å²) >= 11 is 0. The van der Waals surface area contributed by atoms with E-state index in [1.54, 1.807) is 17.1 Å². The van der Waals surface area contributed by atoms with Crippen molar-refractivity contribution in [2.75, 3.05) is 26.2 Å². The van der Waals surface area contributed by atoms with Crippen LogP contribution in [0.3, 0.4) is 0 Å². The molecule has 0 bridgehead atoms. The number of amides is 1. The Bertz CT molecular complexity index is 1370. The molecule has 1 aromatic carbocycles. The number of carbonyl (C=O) groups excluding carboxylic acids is 1. The summed E-state index contributed by atoms with van der Waals surface area (Å²) in [5.41, 5.74) is 4.63. The van der Waals surface area contributed by atoms with Gasteiger partial charge in [-0.05, 0) is 35.5 Å². The number of alkyl halides is 3. The van der Waals surface area contributed by atoms with Gasteiger partial charge in [0.1, 0.15) is 6.42 Å². The minimum absolute atomic E-state index is 0.275. The number of fused-ring (bicyclic) bond motifs is 1. The summed E-state index contributed by atoms with van der Waals surface area (Å²) in [6, 6.07) is 9.64. The van der Waals surface area contributed by atoms with Crippen molar-refractivity contribution < 1.29 is 18.0 Å². The summed E-state index contributed by atoms with van der Waals surface area (Å²) in [4.78, 5) is 27.3. The molecule has 1 N–H and O–H groups in total. The Morgan fingerprint density at radius 2 is 1.92 bits per heavy atom. The van der Waals surface area contributed by atoms with Crippen LogP contribution in [0.15, 0.2) is 48.9 Å². The van der Waals surface area contributed by atoms with E-state index in [0.717, 1.165) is 27.7 Å². The summed E-state index contributed by atoms with van der Waals surface area (Å²) in [6.45, 7) is 2.14. The lowest BCUT2D eigenvalue weighted by Gasteiger charge is -2.35. The molecule has 4 aromatic rings. The number of hydrogen-bond donors (Lipinski definition) is 1. The lowest BCUT2D eigenvalue weighted by Crippen LogP contribution is -2.49. The second-order valence-corrected chi connectivity index (χ2v) is 8.78. The molecule has 12 heteroatoms. The van der Waals surface area contributed by atoms with Gasteiger partial charge in [0, 0.05) is 68.4 Å². The van der Waals surface area contributed by atoms with Gasteiger partial charge in [0.25, 0.3) is 0 Å². The Morgan fingerprint density at radius 1 is 1.11 bits per heavy atom. The van der Waals surface area contributed by atoms with Crippen molar-refractivity contribution in [2.45, 2.75) is 19.1 Å². The lowest BCUT2D eigenvalue weighted by molar-refractivity contribution is -0.162. The van der Waals surface area contributed by atoms with E-state index in [-0.39, 0.29) is 13.1 Å². The highest BCUT2D eigenvalue weighted by Crippen LogP contribution is 2.30. The molecule has 0 atom stereocenters. The molecule has 1 aliphatic heterocycles. The summed E-state index contributed by atoms with van der Waals surface area (Å²) in [5.74, 6) is 0.0679. The third-order valence-electron chi connectivity index (χ3n) is 6.02. The van der Waals surface area contributed by atoms with Crippen LogP contribution in [-0.2, 0) is 18.4 Å². The van der Waals surface area contributed by atoms with E-state index in [1.807, 2.05) is 43.6 Å². The third-order valence-corrected chi connectivity index (χ3v) is 6.02. The van der Waals surface area contributed by atoms with Crippen molar-refractivity contribution >= 4 is 28.7 Å². The molecular formula is C24H24F3N8O-. The summed E-state index contributed by atoms with van der Waals surface area (Å²) in [6.07, 6.45) is -0.473. The lowest BCUT2D eigenvalue weighted by atomic mass is 10.1. The fraction of sp³-hybridized carbons (Fsp3) is 0.333. The van der Waals surface area contributed by atoms with Gasteiger partial charge in [-0.15, -0.1) is 0 Å². The molecular weight excluding hydrogens is 473 g/mol. The van der Waals surface area contributed by atoms with E-state index in [9.17, 15) is 18.0 Å². The molecule has 1 aliphatic rings. The molecule has 5 rings (SSSR count). The van der Waals surface area contributed by atoms with Gasteiger partial charge < -0.3 is 25.2 Å². The minimum Gasteiger partial charge on any atom is -0.389 e. The average molecular weight is 498 g/mol. The molecule has 0 radical (unpaired) electrons. The van der Waals surface area contributed by atoms with E-state index in [1.165, 1.54) is 4.90 Å². The first-order chi connectivity index (χ1) is 17.2. The number of aromatic amines is 1. The molecule has 0 unspecified atom stereocenters. The number of aryl methyl sites for hydroxylation is 1. The molecule has 1 amide bonds. The maximum absolute atomic E-state index is 12.5. The first-order valence-corrected chi connectivity index (χ1v) is 11.4. The van der Waals surface area contributed by atoms with Gasteiger partial charge in [0.15, 0.2) is 0 Å². The fourth-order valence-electron chi connectivity index (χ4n) is 4.22. The fourth-order valence-corrected chi connectivity index (χ4v) is 4.22. The summed E-state index contributed by atoms with van der Waals surface area (Å²) in [7, 11) is 1.87. The van der Waals surface area contributed by atoms with E-state index in [0.29, 0.717) is 31.4 Å². The van der Waals surface area contributed by atoms with Crippen molar-refractivity contribution in [2.24, 2.45) is 7.05 Å². The van der Waals surface area contributed by atoms with Crippen molar-refractivity contribution in [3.05, 3.63) is 59.8 Å². The number of rotatable bonds is 6. The molecule has 0 saturated carbocycles. The van der Waals surface area contributed by atoms with Crippen LogP contribution in [0.2, 0.25) is 0 Å². The molecule has 3 aromatic heterocycles. The van der Waals surface area contributed by atoms with Crippen molar-refractivity contribution in [1.82, 2.24) is 34.5 Å². The number of imidazole rings is 1. The van der Waals surface area contributed by atoms with Gasteiger partial charge in [0.2, 0.25) is 5.91 Å². The number of aromatic nitrogens is 5. The van der Waals surface area contributed by atoms with Crippen LogP contribution < -0.4 is 0 Å². The Hall–Kier alpha value is -3.93. The largest absolute Gasteiger partial charge is 0.397 e. The Labute approximate surface area is 204 Å². The Balaban J connectivity index is 1.20. The van der Waals surface area contributed by atoms with Crippen LogP contribution in [0.1, 0.15) is 12.0 Å². The highest BCUT2D eigenvalue weighted by atomic mass is 19.4. The van der Waals surface area contributed by atoms with Crippen LogP contribution in [0.25, 0.3) is 27.5 Å². The number of nitrogens with zero attached hydrogens (tertiary/aromatic N) is 7. The zero-order valence-corrected chi connectivity index (χ0v) is 19.5. The molecule has 1 fully saturated rings. The smallest absolute Gasteiger partial charge is 0.389 e. The first kappa shape index (κ1) is 23.8. The second-order valence-electron chi connectivity index (χ2n) is 8.78. The monoisotopic (exact) mass is 497 g/mol. The molecule has 0 spiro atoms. The van der Waals surface area contributed by atoms with Crippen LogP contribution in [0, 0.1) is 0 Å². The van der Waals surface area contributed by atoms with Crippen molar-refractivity contribution in [1.29, 1.82) is 0 Å². The molecule has 188 valence electrons. The third kappa shape index (κ3) is 5.65. The predicted molar refractivity (Wildman–Crippen MR) is 128 cm³/mol. The van der Waals surface area contributed by atoms with Gasteiger partial charge in [-0.1, -0.05) is 12.1 Å². The minimum atomic E-state index is -4.48. The molecule has 0 aliphatic carbocycles. The zero-order valence-electron chi connectivity index (χ0n) is 19.5.